The quantitative estimate of drug-likeness (QED) is 0.649. The predicted molar refractivity (Wildman–Crippen MR) is 96.4 cm³/mol. The topological polar surface area (TPSA) is 94.4 Å². The minimum atomic E-state index is -0.496. The van der Waals surface area contributed by atoms with E-state index in [4.69, 9.17) is 4.74 Å². The minimum Gasteiger partial charge on any atom is -0.473 e. The Morgan fingerprint density at radius 1 is 1.40 bits per heavy atom. The van der Waals surface area contributed by atoms with Crippen LogP contribution in [0.1, 0.15) is 22.3 Å². The van der Waals surface area contributed by atoms with E-state index in [2.05, 4.69) is 10.3 Å². The van der Waals surface area contributed by atoms with Gasteiger partial charge in [0.05, 0.1) is 16.2 Å². The summed E-state index contributed by atoms with van der Waals surface area (Å²) in [7, 11) is 0. The van der Waals surface area contributed by atoms with E-state index < -0.39 is 4.92 Å². The molecular formula is C17H17N3O4S. The normalized spacial score (nSPS) is 16.4. The number of nitro groups is 1. The van der Waals surface area contributed by atoms with Gasteiger partial charge in [-0.05, 0) is 30.7 Å². The standard InChI is InChI=1S/C17H17N3O4S/c1-11-2-4-13(20(22)23)8-15(11)19-17(21)12-3-5-16(18-9-12)24-14-6-7-25-10-14/h2-5,8-9,14H,6-7,10H2,1H3,(H,19,21). The predicted octanol–water partition coefficient (Wildman–Crippen LogP) is 3.43. The second-order valence-electron chi connectivity index (χ2n) is 5.70. The van der Waals surface area contributed by atoms with E-state index in [1.165, 1.54) is 18.3 Å². The van der Waals surface area contributed by atoms with Crippen molar-refractivity contribution in [1.82, 2.24) is 4.98 Å². The second-order valence-corrected chi connectivity index (χ2v) is 6.85. The van der Waals surface area contributed by atoms with E-state index in [0.717, 1.165) is 23.5 Å². The molecule has 1 aromatic carbocycles. The molecule has 1 aliphatic heterocycles. The number of anilines is 1. The zero-order valence-corrected chi connectivity index (χ0v) is 14.4. The van der Waals surface area contributed by atoms with Crippen molar-refractivity contribution < 1.29 is 14.5 Å². The van der Waals surface area contributed by atoms with Crippen molar-refractivity contribution in [2.45, 2.75) is 19.4 Å². The maximum absolute atomic E-state index is 12.3. The van der Waals surface area contributed by atoms with Crippen LogP contribution in [0.15, 0.2) is 36.5 Å². The van der Waals surface area contributed by atoms with Gasteiger partial charge in [0, 0.05) is 30.1 Å². The lowest BCUT2D eigenvalue weighted by Crippen LogP contribution is -2.16. The number of ether oxygens (including phenoxy) is 1. The molecule has 1 N–H and O–H groups in total. The number of nitro benzene ring substituents is 1. The Morgan fingerprint density at radius 2 is 2.24 bits per heavy atom. The maximum atomic E-state index is 12.3. The van der Waals surface area contributed by atoms with Crippen LogP contribution >= 0.6 is 11.8 Å². The number of nitrogens with one attached hydrogen (secondary N) is 1. The molecule has 1 aliphatic rings. The molecule has 1 unspecified atom stereocenters. The summed E-state index contributed by atoms with van der Waals surface area (Å²) in [5.74, 6) is 2.17. The largest absolute Gasteiger partial charge is 0.473 e. The number of carbonyl (C=O) groups excluding carboxylic acids is 1. The van der Waals surface area contributed by atoms with Gasteiger partial charge in [0.25, 0.3) is 11.6 Å². The van der Waals surface area contributed by atoms with Gasteiger partial charge in [0.15, 0.2) is 0 Å². The molecular weight excluding hydrogens is 342 g/mol. The van der Waals surface area contributed by atoms with E-state index in [-0.39, 0.29) is 17.7 Å². The number of hydrogen-bond acceptors (Lipinski definition) is 6. The fraction of sp³-hybridized carbons (Fsp3) is 0.294. The van der Waals surface area contributed by atoms with Gasteiger partial charge in [-0.15, -0.1) is 0 Å². The summed E-state index contributed by atoms with van der Waals surface area (Å²) >= 11 is 1.85. The van der Waals surface area contributed by atoms with Crippen molar-refractivity contribution in [2.24, 2.45) is 0 Å². The summed E-state index contributed by atoms with van der Waals surface area (Å²) in [6.45, 7) is 1.77. The van der Waals surface area contributed by atoms with Gasteiger partial charge in [-0.1, -0.05) is 6.07 Å². The number of nitrogens with zero attached hydrogens (tertiary/aromatic N) is 2. The van der Waals surface area contributed by atoms with E-state index >= 15 is 0 Å². The molecule has 8 heteroatoms. The van der Waals surface area contributed by atoms with Crippen molar-refractivity contribution in [1.29, 1.82) is 0 Å². The molecule has 3 rings (SSSR count). The molecule has 7 nitrogen and oxygen atoms in total. The summed E-state index contributed by atoms with van der Waals surface area (Å²) in [5.41, 5.74) is 1.43. The first-order valence-electron chi connectivity index (χ1n) is 7.80. The number of hydrogen-bond donors (Lipinski definition) is 1. The number of carbonyl (C=O) groups is 1. The van der Waals surface area contributed by atoms with E-state index in [9.17, 15) is 14.9 Å². The Labute approximate surface area is 148 Å². The summed E-state index contributed by atoms with van der Waals surface area (Å²) < 4.78 is 5.75. The monoisotopic (exact) mass is 359 g/mol. The Balaban J connectivity index is 1.68. The first-order valence-corrected chi connectivity index (χ1v) is 8.95. The van der Waals surface area contributed by atoms with E-state index in [0.29, 0.717) is 17.1 Å². The van der Waals surface area contributed by atoms with Crippen LogP contribution in [0.3, 0.4) is 0 Å². The van der Waals surface area contributed by atoms with E-state index in [1.54, 1.807) is 25.1 Å². The van der Waals surface area contributed by atoms with Crippen LogP contribution in [0.25, 0.3) is 0 Å². The van der Waals surface area contributed by atoms with Gasteiger partial charge in [0.2, 0.25) is 5.88 Å². The first kappa shape index (κ1) is 17.2. The lowest BCUT2D eigenvalue weighted by molar-refractivity contribution is -0.384. The highest BCUT2D eigenvalue weighted by Crippen LogP contribution is 2.24. The van der Waals surface area contributed by atoms with Gasteiger partial charge in [0.1, 0.15) is 6.10 Å². The molecule has 2 aromatic rings. The van der Waals surface area contributed by atoms with Crippen molar-refractivity contribution >= 4 is 29.0 Å². The molecule has 1 atom stereocenters. The van der Waals surface area contributed by atoms with Gasteiger partial charge >= 0.3 is 0 Å². The molecule has 130 valence electrons. The third kappa shape index (κ3) is 4.27. The van der Waals surface area contributed by atoms with E-state index in [1.807, 2.05) is 11.8 Å². The number of rotatable bonds is 5. The molecule has 1 aromatic heterocycles. The average molecular weight is 359 g/mol. The molecule has 0 spiro atoms. The summed E-state index contributed by atoms with van der Waals surface area (Å²) in [5, 5.41) is 13.6. The molecule has 2 heterocycles. The number of amides is 1. The summed E-state index contributed by atoms with van der Waals surface area (Å²) in [6, 6.07) is 7.64. The number of non-ortho nitro benzene ring substituents is 1. The third-order valence-corrected chi connectivity index (χ3v) is 4.99. The second kappa shape index (κ2) is 7.52. The van der Waals surface area contributed by atoms with Crippen LogP contribution in [0.5, 0.6) is 5.88 Å². The summed E-state index contributed by atoms with van der Waals surface area (Å²) in [4.78, 5) is 26.9. The molecule has 0 aliphatic carbocycles. The van der Waals surface area contributed by atoms with Crippen LogP contribution in [-0.2, 0) is 0 Å². The van der Waals surface area contributed by atoms with Crippen molar-refractivity contribution in [3.8, 4) is 5.88 Å². The molecule has 25 heavy (non-hydrogen) atoms. The van der Waals surface area contributed by atoms with Crippen LogP contribution in [-0.4, -0.2) is 33.4 Å². The highest BCUT2D eigenvalue weighted by molar-refractivity contribution is 7.99. The lowest BCUT2D eigenvalue weighted by Gasteiger charge is -2.12. The van der Waals surface area contributed by atoms with Gasteiger partial charge in [-0.2, -0.15) is 11.8 Å². The molecule has 0 saturated carbocycles. The number of thioether (sulfide) groups is 1. The zero-order chi connectivity index (χ0) is 17.8. The van der Waals surface area contributed by atoms with Crippen molar-refractivity contribution in [3.63, 3.8) is 0 Å². The number of aryl methyl sites for hydroxylation is 1. The highest BCUT2D eigenvalue weighted by atomic mass is 32.2. The minimum absolute atomic E-state index is 0.0720. The fourth-order valence-corrected chi connectivity index (χ4v) is 3.51. The van der Waals surface area contributed by atoms with Crippen LogP contribution in [0, 0.1) is 17.0 Å². The van der Waals surface area contributed by atoms with Crippen LogP contribution in [0.4, 0.5) is 11.4 Å². The number of pyridine rings is 1. The Bertz CT molecular complexity index is 789. The van der Waals surface area contributed by atoms with Gasteiger partial charge < -0.3 is 10.1 Å². The smallest absolute Gasteiger partial charge is 0.271 e. The average Bonchev–Trinajstić information content (AvgIpc) is 3.10. The number of aromatic nitrogens is 1. The lowest BCUT2D eigenvalue weighted by atomic mass is 10.1. The SMILES string of the molecule is Cc1ccc([N+](=O)[O-])cc1NC(=O)c1ccc(OC2CCSC2)nc1. The van der Waals surface area contributed by atoms with Gasteiger partial charge in [-0.25, -0.2) is 4.98 Å². The van der Waals surface area contributed by atoms with Crippen LogP contribution in [0.2, 0.25) is 0 Å². The Kier molecular flexibility index (Phi) is 5.18. The van der Waals surface area contributed by atoms with Crippen molar-refractivity contribution in [2.75, 3.05) is 16.8 Å². The third-order valence-electron chi connectivity index (χ3n) is 3.85. The molecule has 0 bridgehead atoms. The first-order chi connectivity index (χ1) is 12.0. The molecule has 1 amide bonds. The number of benzene rings is 1. The molecule has 1 saturated heterocycles. The Morgan fingerprint density at radius 3 is 2.88 bits per heavy atom. The fourth-order valence-electron chi connectivity index (χ4n) is 2.41. The molecule has 0 radical (unpaired) electrons. The summed E-state index contributed by atoms with van der Waals surface area (Å²) in [6.07, 6.45) is 2.62. The highest BCUT2D eigenvalue weighted by Gasteiger charge is 2.18. The van der Waals surface area contributed by atoms with Crippen molar-refractivity contribution in [3.05, 3.63) is 57.8 Å². The zero-order valence-electron chi connectivity index (χ0n) is 13.6. The Hall–Kier alpha value is -2.61. The van der Waals surface area contributed by atoms with Gasteiger partial charge in [-0.3, -0.25) is 14.9 Å². The van der Waals surface area contributed by atoms with Crippen LogP contribution < -0.4 is 10.1 Å². The maximum Gasteiger partial charge on any atom is 0.271 e. The molecule has 1 fully saturated rings.